The van der Waals surface area contributed by atoms with Crippen LogP contribution in [0.3, 0.4) is 0 Å². The first-order chi connectivity index (χ1) is 16.0. The lowest BCUT2D eigenvalue weighted by Gasteiger charge is -2.34. The Balaban J connectivity index is 1.60. The van der Waals surface area contributed by atoms with E-state index in [9.17, 15) is 9.18 Å². The van der Waals surface area contributed by atoms with Gasteiger partial charge in [-0.05, 0) is 43.7 Å². The van der Waals surface area contributed by atoms with Crippen molar-refractivity contribution in [2.75, 3.05) is 18.0 Å². The number of carbonyl (C=O) groups excluding carboxylic acids is 1. The Hall–Kier alpha value is -3.72. The molecule has 1 fully saturated rings. The number of anilines is 1. The number of hydrogen-bond acceptors (Lipinski definition) is 5. The summed E-state index contributed by atoms with van der Waals surface area (Å²) in [6, 6.07) is 10.4. The zero-order valence-electron chi connectivity index (χ0n) is 18.0. The van der Waals surface area contributed by atoms with Gasteiger partial charge < -0.3 is 5.32 Å². The van der Waals surface area contributed by atoms with E-state index in [1.807, 2.05) is 0 Å². The fourth-order valence-electron chi connectivity index (χ4n) is 4.29. The Morgan fingerprint density at radius 1 is 1.15 bits per heavy atom. The molecule has 7 nitrogen and oxygen atoms in total. The molecule has 3 heterocycles. The van der Waals surface area contributed by atoms with E-state index in [1.54, 1.807) is 37.5 Å². The van der Waals surface area contributed by atoms with Crippen LogP contribution in [-0.4, -0.2) is 45.0 Å². The number of rotatable bonds is 4. The molecule has 1 N–H and O–H groups in total. The summed E-state index contributed by atoms with van der Waals surface area (Å²) in [5, 5.41) is 12.0. The van der Waals surface area contributed by atoms with Crippen LogP contribution in [0.25, 0.3) is 22.0 Å². The third kappa shape index (κ3) is 3.95. The number of nitrogens with zero attached hydrogens (tertiary/aromatic N) is 5. The number of fused-ring (bicyclic) bond motifs is 1. The van der Waals surface area contributed by atoms with Gasteiger partial charge in [-0.15, -0.1) is 5.10 Å². The van der Waals surface area contributed by atoms with Crippen molar-refractivity contribution in [1.29, 1.82) is 0 Å². The smallest absolute Gasteiger partial charge is 0.262 e. The van der Waals surface area contributed by atoms with Crippen LogP contribution in [0.4, 0.5) is 14.6 Å². The van der Waals surface area contributed by atoms with Crippen molar-refractivity contribution >= 4 is 22.5 Å². The summed E-state index contributed by atoms with van der Waals surface area (Å²) in [4.78, 5) is 19.7. The van der Waals surface area contributed by atoms with Crippen molar-refractivity contribution < 1.29 is 13.6 Å². The highest BCUT2D eigenvalue weighted by molar-refractivity contribution is 6.10. The van der Waals surface area contributed by atoms with Gasteiger partial charge >= 0.3 is 0 Å². The van der Waals surface area contributed by atoms with Gasteiger partial charge in [-0.1, -0.05) is 23.4 Å². The third-order valence-corrected chi connectivity index (χ3v) is 5.91. The maximum atomic E-state index is 15.2. The fourth-order valence-corrected chi connectivity index (χ4v) is 4.29. The molecule has 1 aliphatic heterocycles. The molecule has 0 unspecified atom stereocenters. The molecule has 0 aliphatic carbocycles. The van der Waals surface area contributed by atoms with Crippen LogP contribution in [0.5, 0.6) is 0 Å². The van der Waals surface area contributed by atoms with E-state index in [0.717, 1.165) is 19.4 Å². The molecule has 2 aromatic carbocycles. The number of aromatic nitrogens is 4. The van der Waals surface area contributed by atoms with E-state index < -0.39 is 17.5 Å². The first-order valence-corrected chi connectivity index (χ1v) is 10.8. The van der Waals surface area contributed by atoms with Gasteiger partial charge in [0.1, 0.15) is 23.1 Å². The lowest BCUT2D eigenvalue weighted by molar-refractivity contribution is 0.0968. The molecule has 33 heavy (non-hydrogen) atoms. The van der Waals surface area contributed by atoms with Gasteiger partial charge in [0.2, 0.25) is 0 Å². The number of amides is 1. The van der Waals surface area contributed by atoms with Crippen LogP contribution in [0, 0.1) is 11.6 Å². The maximum Gasteiger partial charge on any atom is 0.262 e. The number of halogens is 2. The van der Waals surface area contributed by atoms with Crippen molar-refractivity contribution in [3.8, 4) is 11.3 Å². The molecule has 168 valence electrons. The molecule has 1 amide bonds. The van der Waals surface area contributed by atoms with E-state index in [2.05, 4.69) is 20.6 Å². The number of carbonyl (C=O) groups is 1. The minimum Gasteiger partial charge on any atom is -0.315 e. The van der Waals surface area contributed by atoms with Gasteiger partial charge in [0.15, 0.2) is 0 Å². The molecule has 1 atom stereocenters. The van der Waals surface area contributed by atoms with E-state index >= 15 is 4.39 Å². The highest BCUT2D eigenvalue weighted by Gasteiger charge is 2.31. The Morgan fingerprint density at radius 2 is 2.03 bits per heavy atom. The van der Waals surface area contributed by atoms with Gasteiger partial charge in [-0.25, -0.2) is 13.8 Å². The highest BCUT2D eigenvalue weighted by atomic mass is 19.1. The fraction of sp³-hybridized carbons (Fsp3) is 0.250. The molecule has 0 spiro atoms. The van der Waals surface area contributed by atoms with E-state index in [1.165, 1.54) is 34.0 Å². The van der Waals surface area contributed by atoms with Gasteiger partial charge in [0.25, 0.3) is 5.91 Å². The number of pyridine rings is 1. The molecule has 9 heteroatoms. The predicted octanol–water partition coefficient (Wildman–Crippen LogP) is 3.71. The van der Waals surface area contributed by atoms with Gasteiger partial charge in [0, 0.05) is 36.1 Å². The van der Waals surface area contributed by atoms with E-state index in [-0.39, 0.29) is 11.6 Å². The second kappa shape index (κ2) is 8.67. The standard InChI is InChI=1S/C24H22F2N6O/c1-31-14-22(29-30-31)15-7-8-19(21(26)12-15)24(33)32(16-4-3-10-27-13-16)23-18-5-2-6-20(25)17(18)9-11-28-23/h2,5-9,11-12,14,16,27H,3-4,10,13H2,1H3/t16-/m1/s1. The molecule has 0 bridgehead atoms. The monoisotopic (exact) mass is 448 g/mol. The molecule has 0 saturated carbocycles. The Labute approximate surface area is 189 Å². The van der Waals surface area contributed by atoms with Crippen molar-refractivity contribution in [3.05, 3.63) is 72.1 Å². The van der Waals surface area contributed by atoms with Crippen LogP contribution in [0.2, 0.25) is 0 Å². The normalized spacial score (nSPS) is 16.2. The number of hydrogen-bond donors (Lipinski definition) is 1. The molecular weight excluding hydrogens is 426 g/mol. The molecular formula is C24H22F2N6O. The summed E-state index contributed by atoms with van der Waals surface area (Å²) in [6.45, 7) is 1.38. The summed E-state index contributed by atoms with van der Waals surface area (Å²) < 4.78 is 31.2. The van der Waals surface area contributed by atoms with Crippen molar-refractivity contribution in [2.45, 2.75) is 18.9 Å². The molecule has 1 aliphatic rings. The number of aryl methyl sites for hydroxylation is 1. The molecule has 0 radical (unpaired) electrons. The minimum absolute atomic E-state index is 0.0802. The summed E-state index contributed by atoms with van der Waals surface area (Å²) in [5.41, 5.74) is 0.951. The number of benzene rings is 2. The first-order valence-electron chi connectivity index (χ1n) is 10.8. The zero-order valence-corrected chi connectivity index (χ0v) is 18.0. The number of nitrogens with one attached hydrogen (secondary N) is 1. The second-order valence-electron chi connectivity index (χ2n) is 8.12. The largest absolute Gasteiger partial charge is 0.315 e. The number of piperidine rings is 1. The first kappa shape index (κ1) is 21.1. The molecule has 2 aromatic heterocycles. The molecule has 1 saturated heterocycles. The molecule has 4 aromatic rings. The zero-order chi connectivity index (χ0) is 22.9. The van der Waals surface area contributed by atoms with Gasteiger partial charge in [-0.3, -0.25) is 14.4 Å². The lowest BCUT2D eigenvalue weighted by Crippen LogP contribution is -2.49. The van der Waals surface area contributed by atoms with Gasteiger partial charge in [0.05, 0.1) is 17.8 Å². The highest BCUT2D eigenvalue weighted by Crippen LogP contribution is 2.31. The third-order valence-electron chi connectivity index (χ3n) is 5.91. The Kier molecular flexibility index (Phi) is 5.55. The Bertz CT molecular complexity index is 1330. The average molecular weight is 448 g/mol. The SMILES string of the molecule is Cn1cc(-c2ccc(C(=O)N(c3nccc4c(F)cccc34)[C@@H]3CCCNC3)c(F)c2)nn1. The predicted molar refractivity (Wildman–Crippen MR) is 121 cm³/mol. The van der Waals surface area contributed by atoms with Crippen molar-refractivity contribution in [3.63, 3.8) is 0 Å². The van der Waals surface area contributed by atoms with Crippen LogP contribution in [-0.2, 0) is 7.05 Å². The van der Waals surface area contributed by atoms with Gasteiger partial charge in [-0.2, -0.15) is 0 Å². The Morgan fingerprint density at radius 3 is 2.76 bits per heavy atom. The minimum atomic E-state index is -0.664. The lowest BCUT2D eigenvalue weighted by atomic mass is 10.0. The van der Waals surface area contributed by atoms with E-state index in [0.29, 0.717) is 34.4 Å². The van der Waals surface area contributed by atoms with Crippen molar-refractivity contribution in [2.24, 2.45) is 7.05 Å². The summed E-state index contributed by atoms with van der Waals surface area (Å²) >= 11 is 0. The maximum absolute atomic E-state index is 15.2. The summed E-state index contributed by atoms with van der Waals surface area (Å²) in [6.07, 6.45) is 4.74. The quantitative estimate of drug-likeness (QED) is 0.515. The summed E-state index contributed by atoms with van der Waals surface area (Å²) in [5.74, 6) is -1.26. The topological polar surface area (TPSA) is 75.9 Å². The van der Waals surface area contributed by atoms with Crippen LogP contribution in [0.1, 0.15) is 23.2 Å². The van der Waals surface area contributed by atoms with E-state index in [4.69, 9.17) is 0 Å². The van der Waals surface area contributed by atoms with Crippen LogP contribution in [0.15, 0.2) is 54.9 Å². The van der Waals surface area contributed by atoms with Crippen LogP contribution >= 0.6 is 0 Å². The molecule has 5 rings (SSSR count). The van der Waals surface area contributed by atoms with Crippen LogP contribution < -0.4 is 10.2 Å². The van der Waals surface area contributed by atoms with Crippen molar-refractivity contribution in [1.82, 2.24) is 25.3 Å². The average Bonchev–Trinajstić information content (AvgIpc) is 3.27. The summed E-state index contributed by atoms with van der Waals surface area (Å²) in [7, 11) is 1.72. The second-order valence-corrected chi connectivity index (χ2v) is 8.12.